The van der Waals surface area contributed by atoms with Crippen LogP contribution in [0.4, 0.5) is 0 Å². The maximum Gasteiger partial charge on any atom is 0.270 e. The minimum Gasteiger partial charge on any atom is -0.299 e. The Kier molecular flexibility index (Phi) is 3.05. The third kappa shape index (κ3) is 2.13. The van der Waals surface area contributed by atoms with E-state index in [1.54, 1.807) is 4.68 Å². The summed E-state index contributed by atoms with van der Waals surface area (Å²) in [4.78, 5) is 12.3. The monoisotopic (exact) mass is 242 g/mol. The standard InChI is InChI=1S/C15H18N2O/c18-15-13-9-5-2-6-10-14(13)16-17(15)11-12-7-3-1-4-8-12/h1,3-4,7-8,16H,2,5-6,9-11H2. The van der Waals surface area contributed by atoms with E-state index in [0.717, 1.165) is 36.1 Å². The number of aromatic amines is 1. The van der Waals surface area contributed by atoms with Crippen LogP contribution in [0.1, 0.15) is 36.1 Å². The van der Waals surface area contributed by atoms with Gasteiger partial charge in [-0.15, -0.1) is 0 Å². The molecule has 0 bridgehead atoms. The van der Waals surface area contributed by atoms with E-state index in [9.17, 15) is 4.79 Å². The number of fused-ring (bicyclic) bond motifs is 1. The average molecular weight is 242 g/mol. The van der Waals surface area contributed by atoms with Gasteiger partial charge in [0.1, 0.15) is 0 Å². The zero-order chi connectivity index (χ0) is 12.4. The maximum atomic E-state index is 12.3. The van der Waals surface area contributed by atoms with Gasteiger partial charge in [0.05, 0.1) is 6.54 Å². The summed E-state index contributed by atoms with van der Waals surface area (Å²) in [6.07, 6.45) is 5.53. The maximum absolute atomic E-state index is 12.3. The molecule has 1 aromatic heterocycles. The van der Waals surface area contributed by atoms with E-state index < -0.39 is 0 Å². The fourth-order valence-corrected chi connectivity index (χ4v) is 2.70. The lowest BCUT2D eigenvalue weighted by Gasteiger charge is -2.02. The number of benzene rings is 1. The van der Waals surface area contributed by atoms with Crippen molar-refractivity contribution in [1.82, 2.24) is 9.78 Å². The van der Waals surface area contributed by atoms with Crippen LogP contribution in [0, 0.1) is 0 Å². The summed E-state index contributed by atoms with van der Waals surface area (Å²) in [5.41, 5.74) is 3.52. The van der Waals surface area contributed by atoms with Gasteiger partial charge in [-0.3, -0.25) is 9.89 Å². The van der Waals surface area contributed by atoms with Crippen molar-refractivity contribution in [3.63, 3.8) is 0 Å². The number of nitrogens with one attached hydrogen (secondary N) is 1. The molecule has 3 rings (SSSR count). The van der Waals surface area contributed by atoms with E-state index in [1.807, 2.05) is 18.2 Å². The van der Waals surface area contributed by atoms with Crippen LogP contribution in [-0.4, -0.2) is 9.78 Å². The number of rotatable bonds is 2. The first kappa shape index (κ1) is 11.3. The smallest absolute Gasteiger partial charge is 0.270 e. The van der Waals surface area contributed by atoms with Crippen LogP contribution < -0.4 is 5.56 Å². The quantitative estimate of drug-likeness (QED) is 0.807. The highest BCUT2D eigenvalue weighted by molar-refractivity contribution is 5.21. The summed E-state index contributed by atoms with van der Waals surface area (Å²) >= 11 is 0. The van der Waals surface area contributed by atoms with Crippen molar-refractivity contribution in [2.24, 2.45) is 0 Å². The molecule has 0 atom stereocenters. The highest BCUT2D eigenvalue weighted by atomic mass is 16.1. The van der Waals surface area contributed by atoms with E-state index >= 15 is 0 Å². The molecule has 0 aliphatic heterocycles. The third-order valence-electron chi connectivity index (χ3n) is 3.67. The Hall–Kier alpha value is -1.77. The van der Waals surface area contributed by atoms with Crippen LogP contribution in [0.15, 0.2) is 35.1 Å². The molecular weight excluding hydrogens is 224 g/mol. The van der Waals surface area contributed by atoms with Crippen LogP contribution in [-0.2, 0) is 19.4 Å². The molecule has 1 N–H and O–H groups in total. The lowest BCUT2D eigenvalue weighted by Crippen LogP contribution is -2.19. The van der Waals surface area contributed by atoms with Crippen molar-refractivity contribution in [2.75, 3.05) is 0 Å². The molecule has 1 aliphatic carbocycles. The minimum absolute atomic E-state index is 0.177. The Morgan fingerprint density at radius 3 is 2.67 bits per heavy atom. The second-order valence-electron chi connectivity index (χ2n) is 5.01. The van der Waals surface area contributed by atoms with Gasteiger partial charge < -0.3 is 0 Å². The van der Waals surface area contributed by atoms with E-state index in [-0.39, 0.29) is 5.56 Å². The first-order valence-electron chi connectivity index (χ1n) is 6.69. The summed E-state index contributed by atoms with van der Waals surface area (Å²) in [5, 5.41) is 3.29. The van der Waals surface area contributed by atoms with E-state index in [4.69, 9.17) is 0 Å². The minimum atomic E-state index is 0.177. The van der Waals surface area contributed by atoms with Crippen LogP contribution in [0.25, 0.3) is 0 Å². The number of nitrogens with zero attached hydrogens (tertiary/aromatic N) is 1. The molecule has 1 aromatic carbocycles. The van der Waals surface area contributed by atoms with Gasteiger partial charge in [-0.1, -0.05) is 36.8 Å². The average Bonchev–Trinajstić information content (AvgIpc) is 2.58. The molecule has 1 aliphatic rings. The van der Waals surface area contributed by atoms with Gasteiger partial charge >= 0.3 is 0 Å². The van der Waals surface area contributed by atoms with Gasteiger partial charge in [0.2, 0.25) is 0 Å². The molecule has 0 saturated carbocycles. The molecule has 3 heteroatoms. The molecule has 0 unspecified atom stereocenters. The van der Waals surface area contributed by atoms with Crippen molar-refractivity contribution in [3.8, 4) is 0 Å². The molecular formula is C15H18N2O. The summed E-state index contributed by atoms with van der Waals surface area (Å²) < 4.78 is 1.76. The lowest BCUT2D eigenvalue weighted by atomic mass is 10.1. The highest BCUT2D eigenvalue weighted by Gasteiger charge is 2.16. The Labute approximate surface area is 106 Å². The van der Waals surface area contributed by atoms with Gasteiger partial charge in [0.25, 0.3) is 5.56 Å². The second kappa shape index (κ2) is 4.84. The Bertz CT molecular complexity index is 580. The van der Waals surface area contributed by atoms with E-state index in [0.29, 0.717) is 6.54 Å². The lowest BCUT2D eigenvalue weighted by molar-refractivity contribution is 0.630. The number of aromatic nitrogens is 2. The Balaban J connectivity index is 1.92. The predicted octanol–water partition coefficient (Wildman–Crippen LogP) is 2.49. The normalized spacial score (nSPS) is 15.1. The number of H-pyrrole nitrogens is 1. The molecule has 1 heterocycles. The van der Waals surface area contributed by atoms with Crippen molar-refractivity contribution < 1.29 is 0 Å². The summed E-state index contributed by atoms with van der Waals surface area (Å²) in [5.74, 6) is 0. The largest absolute Gasteiger partial charge is 0.299 e. The molecule has 0 spiro atoms. The summed E-state index contributed by atoms with van der Waals surface area (Å²) in [6, 6.07) is 10.1. The summed E-state index contributed by atoms with van der Waals surface area (Å²) in [7, 11) is 0. The van der Waals surface area contributed by atoms with Gasteiger partial charge in [-0.2, -0.15) is 0 Å². The summed E-state index contributed by atoms with van der Waals surface area (Å²) in [6.45, 7) is 0.646. The molecule has 0 amide bonds. The van der Waals surface area contributed by atoms with Crippen molar-refractivity contribution in [3.05, 3.63) is 57.5 Å². The van der Waals surface area contributed by atoms with Gasteiger partial charge in [-0.25, -0.2) is 4.68 Å². The molecule has 0 radical (unpaired) electrons. The van der Waals surface area contributed by atoms with Crippen molar-refractivity contribution >= 4 is 0 Å². The number of hydrogen-bond donors (Lipinski definition) is 1. The Morgan fingerprint density at radius 1 is 1.06 bits per heavy atom. The van der Waals surface area contributed by atoms with Crippen LogP contribution >= 0.6 is 0 Å². The van der Waals surface area contributed by atoms with Gasteiger partial charge in [-0.05, 0) is 31.2 Å². The van der Waals surface area contributed by atoms with Crippen molar-refractivity contribution in [2.45, 2.75) is 38.6 Å². The highest BCUT2D eigenvalue weighted by Crippen LogP contribution is 2.16. The van der Waals surface area contributed by atoms with E-state index in [2.05, 4.69) is 17.2 Å². The van der Waals surface area contributed by atoms with Crippen LogP contribution in [0.2, 0.25) is 0 Å². The van der Waals surface area contributed by atoms with Crippen LogP contribution in [0.5, 0.6) is 0 Å². The zero-order valence-corrected chi connectivity index (χ0v) is 10.5. The van der Waals surface area contributed by atoms with Gasteiger partial charge in [0, 0.05) is 11.3 Å². The molecule has 94 valence electrons. The number of aryl methyl sites for hydroxylation is 1. The van der Waals surface area contributed by atoms with Crippen molar-refractivity contribution in [1.29, 1.82) is 0 Å². The number of hydrogen-bond acceptors (Lipinski definition) is 1. The van der Waals surface area contributed by atoms with Gasteiger partial charge in [0.15, 0.2) is 0 Å². The molecule has 0 fully saturated rings. The fourth-order valence-electron chi connectivity index (χ4n) is 2.70. The Morgan fingerprint density at radius 2 is 1.83 bits per heavy atom. The molecule has 3 nitrogen and oxygen atoms in total. The second-order valence-corrected chi connectivity index (χ2v) is 5.01. The van der Waals surface area contributed by atoms with Crippen LogP contribution in [0.3, 0.4) is 0 Å². The molecule has 0 saturated heterocycles. The predicted molar refractivity (Wildman–Crippen MR) is 71.9 cm³/mol. The first-order chi connectivity index (χ1) is 8.84. The SMILES string of the molecule is O=c1c2c([nH]n1Cc1ccccc1)CCCCC2. The third-order valence-corrected chi connectivity index (χ3v) is 3.67. The first-order valence-corrected chi connectivity index (χ1v) is 6.69. The van der Waals surface area contributed by atoms with E-state index in [1.165, 1.54) is 12.8 Å². The topological polar surface area (TPSA) is 37.8 Å². The molecule has 18 heavy (non-hydrogen) atoms. The molecule has 2 aromatic rings. The fraction of sp³-hybridized carbons (Fsp3) is 0.400. The zero-order valence-electron chi connectivity index (χ0n) is 10.5.